The fraction of sp³-hybridized carbons (Fsp3) is 0.217. The van der Waals surface area contributed by atoms with Crippen LogP contribution >= 0.6 is 11.6 Å². The summed E-state index contributed by atoms with van der Waals surface area (Å²) in [4.78, 5) is 27.4. The van der Waals surface area contributed by atoms with E-state index in [9.17, 15) is 18.0 Å². The first-order valence-electron chi connectivity index (χ1n) is 10.0. The van der Waals surface area contributed by atoms with Crippen LogP contribution in [0.4, 0.5) is 0 Å². The van der Waals surface area contributed by atoms with Crippen LogP contribution in [0.1, 0.15) is 32.7 Å². The smallest absolute Gasteiger partial charge is 0.253 e. The quantitative estimate of drug-likeness (QED) is 0.449. The van der Waals surface area contributed by atoms with E-state index in [2.05, 4.69) is 15.0 Å². The van der Waals surface area contributed by atoms with Crippen molar-refractivity contribution in [2.24, 2.45) is 0 Å². The van der Waals surface area contributed by atoms with E-state index >= 15 is 0 Å². The summed E-state index contributed by atoms with van der Waals surface area (Å²) >= 11 is 5.86. The largest absolute Gasteiger partial charge is 0.495 e. The van der Waals surface area contributed by atoms with Gasteiger partial charge in [0.15, 0.2) is 0 Å². The number of benzene rings is 2. The molecule has 1 heterocycles. The lowest BCUT2D eigenvalue weighted by Gasteiger charge is -2.13. The molecule has 10 heteroatoms. The molecule has 2 aromatic carbocycles. The van der Waals surface area contributed by atoms with E-state index in [1.807, 2.05) is 6.07 Å². The fourth-order valence-electron chi connectivity index (χ4n) is 3.26. The molecule has 0 unspecified atom stereocenters. The Balaban J connectivity index is 1.80. The minimum absolute atomic E-state index is 0.00318. The third-order valence-corrected chi connectivity index (χ3v) is 6.69. The number of amides is 1. The zero-order chi connectivity index (χ0) is 24.2. The van der Waals surface area contributed by atoms with Crippen LogP contribution in [-0.2, 0) is 23.1 Å². The van der Waals surface area contributed by atoms with E-state index in [4.69, 9.17) is 16.3 Å². The Morgan fingerprint density at radius 2 is 1.76 bits per heavy atom. The molecule has 8 nitrogen and oxygen atoms in total. The predicted octanol–water partition coefficient (Wildman–Crippen LogP) is 3.06. The molecule has 33 heavy (non-hydrogen) atoms. The van der Waals surface area contributed by atoms with Crippen molar-refractivity contribution < 1.29 is 17.9 Å². The zero-order valence-electron chi connectivity index (χ0n) is 18.4. The van der Waals surface area contributed by atoms with Crippen LogP contribution in [0.15, 0.2) is 58.2 Å². The van der Waals surface area contributed by atoms with E-state index in [1.54, 1.807) is 38.1 Å². The van der Waals surface area contributed by atoms with Gasteiger partial charge in [0.25, 0.3) is 11.5 Å². The number of ether oxygens (including phenoxy) is 1. The molecule has 0 saturated carbocycles. The molecule has 3 rings (SSSR count). The number of nitrogens with one attached hydrogen (secondary N) is 3. The van der Waals surface area contributed by atoms with Crippen LogP contribution in [-0.4, -0.2) is 26.4 Å². The average molecular weight is 490 g/mol. The Morgan fingerprint density at radius 1 is 1.06 bits per heavy atom. The third-order valence-electron chi connectivity index (χ3n) is 5.01. The summed E-state index contributed by atoms with van der Waals surface area (Å²) in [5.41, 5.74) is 2.46. The van der Waals surface area contributed by atoms with Crippen LogP contribution in [0.3, 0.4) is 0 Å². The van der Waals surface area contributed by atoms with Crippen LogP contribution in [0.25, 0.3) is 0 Å². The number of carbonyl (C=O) groups excluding carboxylic acids is 1. The molecule has 0 saturated heterocycles. The van der Waals surface area contributed by atoms with Crippen molar-refractivity contribution >= 4 is 27.5 Å². The summed E-state index contributed by atoms with van der Waals surface area (Å²) < 4.78 is 33.6. The molecule has 0 aliphatic rings. The van der Waals surface area contributed by atoms with Gasteiger partial charge in [-0.2, -0.15) is 0 Å². The van der Waals surface area contributed by atoms with E-state index < -0.39 is 15.9 Å². The third kappa shape index (κ3) is 6.01. The zero-order valence-corrected chi connectivity index (χ0v) is 19.9. The average Bonchev–Trinajstić information content (AvgIpc) is 2.77. The lowest BCUT2D eigenvalue weighted by molar-refractivity contribution is 0.0950. The number of aryl methyl sites for hydroxylation is 2. The Hall–Kier alpha value is -3.14. The summed E-state index contributed by atoms with van der Waals surface area (Å²) in [5.74, 6) is -0.424. The monoisotopic (exact) mass is 489 g/mol. The molecule has 0 aliphatic heterocycles. The van der Waals surface area contributed by atoms with Gasteiger partial charge < -0.3 is 15.0 Å². The van der Waals surface area contributed by atoms with Crippen LogP contribution in [0, 0.1) is 13.8 Å². The van der Waals surface area contributed by atoms with Crippen molar-refractivity contribution in [2.45, 2.75) is 31.8 Å². The highest BCUT2D eigenvalue weighted by molar-refractivity contribution is 7.89. The van der Waals surface area contributed by atoms with Crippen LogP contribution in [0.2, 0.25) is 5.02 Å². The first-order valence-corrected chi connectivity index (χ1v) is 11.9. The SMILES string of the molecule is COc1ccc(C(=O)NCc2c(C)cc(C)[nH]c2=O)cc1S(=O)(=O)NCc1ccc(Cl)cc1. The van der Waals surface area contributed by atoms with E-state index in [0.29, 0.717) is 10.6 Å². The highest BCUT2D eigenvalue weighted by Crippen LogP contribution is 2.25. The predicted molar refractivity (Wildman–Crippen MR) is 126 cm³/mol. The molecule has 3 N–H and O–H groups in total. The molecule has 0 fully saturated rings. The molecular formula is C23H24ClN3O5S. The summed E-state index contributed by atoms with van der Waals surface area (Å²) in [5, 5.41) is 3.21. The van der Waals surface area contributed by atoms with Crippen molar-refractivity contribution in [3.8, 4) is 5.75 Å². The molecule has 0 atom stereocenters. The number of rotatable bonds is 8. The Morgan fingerprint density at radius 3 is 2.39 bits per heavy atom. The topological polar surface area (TPSA) is 117 Å². The number of carbonyl (C=O) groups is 1. The standard InChI is InChI=1S/C23H24ClN3O5S/c1-14-10-15(2)27-23(29)19(14)13-25-22(28)17-6-9-20(32-3)21(11-17)33(30,31)26-12-16-4-7-18(24)8-5-16/h4-11,26H,12-13H2,1-3H3,(H,25,28)(H,27,29). The molecule has 1 amide bonds. The molecule has 0 radical (unpaired) electrons. The van der Waals surface area contributed by atoms with Gasteiger partial charge in [0.2, 0.25) is 10.0 Å². The summed E-state index contributed by atoms with van der Waals surface area (Å²) in [6.45, 7) is 3.60. The normalized spacial score (nSPS) is 11.3. The molecule has 1 aromatic heterocycles. The van der Waals surface area contributed by atoms with Gasteiger partial charge in [-0.1, -0.05) is 23.7 Å². The second-order valence-corrected chi connectivity index (χ2v) is 9.61. The highest BCUT2D eigenvalue weighted by atomic mass is 35.5. The Kier molecular flexibility index (Phi) is 7.57. The van der Waals surface area contributed by atoms with Gasteiger partial charge in [0, 0.05) is 34.9 Å². The summed E-state index contributed by atoms with van der Waals surface area (Å²) in [6, 6.07) is 12.7. The van der Waals surface area contributed by atoms with Crippen LogP contribution < -0.4 is 20.3 Å². The first kappa shape index (κ1) is 24.5. The van der Waals surface area contributed by atoms with Gasteiger partial charge in [-0.05, 0) is 61.4 Å². The van der Waals surface area contributed by atoms with Crippen LogP contribution in [0.5, 0.6) is 5.75 Å². The number of H-pyrrole nitrogens is 1. The summed E-state index contributed by atoms with van der Waals surface area (Å²) in [6.07, 6.45) is 0. The first-order chi connectivity index (χ1) is 15.6. The van der Waals surface area contributed by atoms with Crippen molar-refractivity contribution in [1.29, 1.82) is 0 Å². The highest BCUT2D eigenvalue weighted by Gasteiger charge is 2.22. The van der Waals surface area contributed by atoms with Crippen molar-refractivity contribution in [2.75, 3.05) is 7.11 Å². The Labute approximate surface area is 197 Å². The molecule has 0 bridgehead atoms. The minimum atomic E-state index is -4.00. The number of methoxy groups -OCH3 is 1. The number of aromatic amines is 1. The van der Waals surface area contributed by atoms with E-state index in [-0.39, 0.29) is 34.9 Å². The van der Waals surface area contributed by atoms with Crippen molar-refractivity contribution in [3.63, 3.8) is 0 Å². The van der Waals surface area contributed by atoms with Crippen molar-refractivity contribution in [1.82, 2.24) is 15.0 Å². The van der Waals surface area contributed by atoms with Gasteiger partial charge in [-0.15, -0.1) is 0 Å². The number of hydrogen-bond acceptors (Lipinski definition) is 5. The molecule has 3 aromatic rings. The molecule has 174 valence electrons. The van der Waals surface area contributed by atoms with Crippen molar-refractivity contribution in [3.05, 3.63) is 91.9 Å². The second kappa shape index (κ2) is 10.2. The number of sulfonamides is 1. The minimum Gasteiger partial charge on any atom is -0.495 e. The number of aromatic nitrogens is 1. The maximum Gasteiger partial charge on any atom is 0.253 e. The Bertz CT molecular complexity index is 1340. The van der Waals surface area contributed by atoms with E-state index in [0.717, 1.165) is 16.8 Å². The lowest BCUT2D eigenvalue weighted by atomic mass is 10.1. The van der Waals surface area contributed by atoms with Gasteiger partial charge in [0.1, 0.15) is 10.6 Å². The van der Waals surface area contributed by atoms with E-state index in [1.165, 1.54) is 25.3 Å². The summed E-state index contributed by atoms with van der Waals surface area (Å²) in [7, 11) is -2.65. The number of halogens is 1. The van der Waals surface area contributed by atoms with Gasteiger partial charge >= 0.3 is 0 Å². The van der Waals surface area contributed by atoms with Gasteiger partial charge in [0.05, 0.1) is 7.11 Å². The second-order valence-electron chi connectivity index (χ2n) is 7.44. The molecule has 0 spiro atoms. The maximum atomic E-state index is 12.9. The number of pyridine rings is 1. The number of hydrogen-bond donors (Lipinski definition) is 3. The maximum absolute atomic E-state index is 12.9. The fourth-order valence-corrected chi connectivity index (χ4v) is 4.59. The molecular weight excluding hydrogens is 466 g/mol. The van der Waals surface area contributed by atoms with Gasteiger partial charge in [-0.3, -0.25) is 9.59 Å². The van der Waals surface area contributed by atoms with Gasteiger partial charge in [-0.25, -0.2) is 13.1 Å². The lowest BCUT2D eigenvalue weighted by Crippen LogP contribution is -2.28. The molecule has 0 aliphatic carbocycles.